The molecular formula is C25H30N6O. The Morgan fingerprint density at radius 3 is 2.75 bits per heavy atom. The summed E-state index contributed by atoms with van der Waals surface area (Å²) in [5.41, 5.74) is 5.12. The molecule has 2 aliphatic heterocycles. The molecule has 166 valence electrons. The average molecular weight is 431 g/mol. The van der Waals surface area contributed by atoms with E-state index in [1.54, 1.807) is 6.20 Å². The fourth-order valence-corrected chi connectivity index (χ4v) is 4.96. The summed E-state index contributed by atoms with van der Waals surface area (Å²) in [5.74, 6) is 2.16. The van der Waals surface area contributed by atoms with Gasteiger partial charge in [-0.15, -0.1) is 0 Å². The first-order chi connectivity index (χ1) is 15.6. The van der Waals surface area contributed by atoms with Gasteiger partial charge >= 0.3 is 0 Å². The molecule has 1 N–H and O–H groups in total. The van der Waals surface area contributed by atoms with Crippen molar-refractivity contribution in [2.24, 2.45) is 0 Å². The normalized spacial score (nSPS) is 18.5. The van der Waals surface area contributed by atoms with Crippen LogP contribution >= 0.6 is 0 Å². The molecular weight excluding hydrogens is 400 g/mol. The predicted octanol–water partition coefficient (Wildman–Crippen LogP) is 3.79. The van der Waals surface area contributed by atoms with Gasteiger partial charge in [-0.25, -0.2) is 9.97 Å². The molecule has 0 aliphatic carbocycles. The number of nitrogens with zero attached hydrogens (tertiary/aromatic N) is 5. The molecule has 0 bridgehead atoms. The summed E-state index contributed by atoms with van der Waals surface area (Å²) in [6.45, 7) is 7.28. The molecule has 0 unspecified atom stereocenters. The zero-order valence-electron chi connectivity index (χ0n) is 18.8. The van der Waals surface area contributed by atoms with Gasteiger partial charge in [-0.05, 0) is 45.1 Å². The van der Waals surface area contributed by atoms with Crippen molar-refractivity contribution in [3.05, 3.63) is 70.4 Å². The first-order valence-electron chi connectivity index (χ1n) is 11.6. The van der Waals surface area contributed by atoms with E-state index in [2.05, 4.69) is 52.4 Å². The summed E-state index contributed by atoms with van der Waals surface area (Å²) in [5, 5.41) is 6.88. The number of likely N-dealkylation sites (tertiary alicyclic amines) is 1. The molecule has 1 fully saturated rings. The van der Waals surface area contributed by atoms with Gasteiger partial charge in [0.05, 0.1) is 11.8 Å². The van der Waals surface area contributed by atoms with Gasteiger partial charge in [-0.2, -0.15) is 5.10 Å². The minimum Gasteiger partial charge on any atom is -0.352 e. The van der Waals surface area contributed by atoms with E-state index in [-0.39, 0.29) is 11.8 Å². The van der Waals surface area contributed by atoms with Gasteiger partial charge in [-0.1, -0.05) is 30.3 Å². The van der Waals surface area contributed by atoms with Crippen LogP contribution in [0.15, 0.2) is 36.5 Å². The third kappa shape index (κ3) is 3.99. The summed E-state index contributed by atoms with van der Waals surface area (Å²) in [7, 11) is 0. The quantitative estimate of drug-likeness (QED) is 0.681. The molecule has 32 heavy (non-hydrogen) atoms. The monoisotopic (exact) mass is 430 g/mol. The Kier molecular flexibility index (Phi) is 5.64. The maximum atomic E-state index is 13.0. The lowest BCUT2D eigenvalue weighted by Crippen LogP contribution is -2.40. The number of H-pyrrole nitrogens is 1. The number of carbonyl (C=O) groups is 1. The topological polar surface area (TPSA) is 78.0 Å². The highest BCUT2D eigenvalue weighted by Gasteiger charge is 2.30. The molecule has 1 amide bonds. The van der Waals surface area contributed by atoms with E-state index >= 15 is 0 Å². The van der Waals surface area contributed by atoms with E-state index in [0.717, 1.165) is 68.3 Å². The number of anilines is 1. The molecule has 1 aromatic carbocycles. The van der Waals surface area contributed by atoms with Crippen molar-refractivity contribution >= 4 is 11.7 Å². The van der Waals surface area contributed by atoms with Crippen LogP contribution in [0.4, 0.5) is 5.82 Å². The lowest BCUT2D eigenvalue weighted by molar-refractivity contribution is 0.0704. The number of piperidine rings is 1. The Labute approximate surface area is 188 Å². The van der Waals surface area contributed by atoms with Gasteiger partial charge in [0, 0.05) is 49.0 Å². The highest BCUT2D eigenvalue weighted by atomic mass is 16.2. The van der Waals surface area contributed by atoms with Crippen molar-refractivity contribution in [3.8, 4) is 0 Å². The van der Waals surface area contributed by atoms with E-state index < -0.39 is 0 Å². The number of amides is 1. The van der Waals surface area contributed by atoms with Crippen molar-refractivity contribution in [1.82, 2.24) is 25.1 Å². The third-order valence-electron chi connectivity index (χ3n) is 6.71. The van der Waals surface area contributed by atoms with Gasteiger partial charge in [0.1, 0.15) is 11.6 Å². The molecule has 2 aliphatic rings. The number of carbonyl (C=O) groups excluding carboxylic acids is 1. The minimum atomic E-state index is 0.0429. The van der Waals surface area contributed by atoms with Crippen LogP contribution in [-0.2, 0) is 13.0 Å². The largest absolute Gasteiger partial charge is 0.352 e. The van der Waals surface area contributed by atoms with E-state index in [1.165, 1.54) is 11.1 Å². The van der Waals surface area contributed by atoms with Crippen LogP contribution in [0.5, 0.6) is 0 Å². The predicted molar refractivity (Wildman–Crippen MR) is 124 cm³/mol. The number of aromatic amines is 1. The summed E-state index contributed by atoms with van der Waals surface area (Å²) < 4.78 is 0. The second kappa shape index (κ2) is 8.73. The summed E-state index contributed by atoms with van der Waals surface area (Å²) in [4.78, 5) is 27.4. The number of rotatable bonds is 4. The number of aryl methyl sites for hydroxylation is 2. The Morgan fingerprint density at radius 1 is 1.12 bits per heavy atom. The maximum absolute atomic E-state index is 13.0. The maximum Gasteiger partial charge on any atom is 0.257 e. The zero-order chi connectivity index (χ0) is 22.1. The summed E-state index contributed by atoms with van der Waals surface area (Å²) in [6.07, 6.45) is 5.74. The molecule has 2 aromatic heterocycles. The number of hydrogen-bond donors (Lipinski definition) is 1. The van der Waals surface area contributed by atoms with Crippen molar-refractivity contribution in [2.75, 3.05) is 24.5 Å². The van der Waals surface area contributed by atoms with Crippen LogP contribution in [0.1, 0.15) is 63.9 Å². The fourth-order valence-electron chi connectivity index (χ4n) is 4.96. The number of aromatic nitrogens is 4. The molecule has 5 rings (SSSR count). The minimum absolute atomic E-state index is 0.0429. The molecule has 0 saturated carbocycles. The first kappa shape index (κ1) is 20.7. The Balaban J connectivity index is 1.40. The highest BCUT2D eigenvalue weighted by molar-refractivity contribution is 5.95. The van der Waals surface area contributed by atoms with E-state index in [0.29, 0.717) is 12.1 Å². The summed E-state index contributed by atoms with van der Waals surface area (Å²) >= 11 is 0. The number of hydrogen-bond acceptors (Lipinski definition) is 5. The number of nitrogens with one attached hydrogen (secondary N) is 1. The molecule has 7 heteroatoms. The van der Waals surface area contributed by atoms with E-state index in [9.17, 15) is 4.79 Å². The molecule has 1 saturated heterocycles. The van der Waals surface area contributed by atoms with Crippen molar-refractivity contribution < 1.29 is 4.79 Å². The zero-order valence-corrected chi connectivity index (χ0v) is 18.8. The van der Waals surface area contributed by atoms with Crippen molar-refractivity contribution in [1.29, 1.82) is 0 Å². The Bertz CT molecular complexity index is 1110. The Hall–Kier alpha value is -3.22. The molecule has 4 heterocycles. The fraction of sp³-hybridized carbons (Fsp3) is 0.440. The third-order valence-corrected chi connectivity index (χ3v) is 6.71. The molecule has 7 nitrogen and oxygen atoms in total. The van der Waals surface area contributed by atoms with E-state index in [1.807, 2.05) is 11.8 Å². The van der Waals surface area contributed by atoms with Crippen LogP contribution in [0.2, 0.25) is 0 Å². The van der Waals surface area contributed by atoms with Crippen LogP contribution in [0, 0.1) is 13.8 Å². The molecule has 0 radical (unpaired) electrons. The van der Waals surface area contributed by atoms with Crippen LogP contribution in [-0.4, -0.2) is 50.6 Å². The second-order valence-corrected chi connectivity index (χ2v) is 8.98. The SMILES string of the molecule is Cc1nc([C@H]2CCCN(C(=O)c3cn[nH]c3C)C2)nc2c1CCCN2Cc1ccccc1. The lowest BCUT2D eigenvalue weighted by atomic mass is 9.95. The molecule has 1 atom stereocenters. The van der Waals surface area contributed by atoms with Gasteiger partial charge < -0.3 is 9.80 Å². The number of benzene rings is 1. The first-order valence-corrected chi connectivity index (χ1v) is 11.6. The van der Waals surface area contributed by atoms with Gasteiger partial charge in [-0.3, -0.25) is 9.89 Å². The van der Waals surface area contributed by atoms with Crippen LogP contribution < -0.4 is 4.90 Å². The number of fused-ring (bicyclic) bond motifs is 1. The standard InChI is InChI=1S/C25H30N6O/c1-17-21-11-7-12-30(15-19-8-4-3-5-9-19)24(21)28-23(27-17)20-10-6-13-31(16-20)25(32)22-14-26-29-18(22)2/h3-5,8-9,14,20H,6-7,10-13,15-16H2,1-2H3,(H,26,29)/t20-/m0/s1. The van der Waals surface area contributed by atoms with Crippen LogP contribution in [0.25, 0.3) is 0 Å². The molecule has 0 spiro atoms. The average Bonchev–Trinajstić information content (AvgIpc) is 3.25. The van der Waals surface area contributed by atoms with Crippen molar-refractivity contribution in [3.63, 3.8) is 0 Å². The summed E-state index contributed by atoms with van der Waals surface area (Å²) in [6, 6.07) is 10.6. The molecule has 3 aromatic rings. The Morgan fingerprint density at radius 2 is 1.97 bits per heavy atom. The van der Waals surface area contributed by atoms with Gasteiger partial charge in [0.25, 0.3) is 5.91 Å². The lowest BCUT2D eigenvalue weighted by Gasteiger charge is -2.34. The van der Waals surface area contributed by atoms with Crippen molar-refractivity contribution in [2.45, 2.75) is 52.0 Å². The van der Waals surface area contributed by atoms with E-state index in [4.69, 9.17) is 9.97 Å². The van der Waals surface area contributed by atoms with Gasteiger partial charge in [0.2, 0.25) is 0 Å². The van der Waals surface area contributed by atoms with Gasteiger partial charge in [0.15, 0.2) is 0 Å². The van der Waals surface area contributed by atoms with Crippen LogP contribution in [0.3, 0.4) is 0 Å². The highest BCUT2D eigenvalue weighted by Crippen LogP contribution is 2.32. The second-order valence-electron chi connectivity index (χ2n) is 8.98. The smallest absolute Gasteiger partial charge is 0.257 e.